The molecule has 1 amide bonds. The lowest BCUT2D eigenvalue weighted by atomic mass is 10.1. The summed E-state index contributed by atoms with van der Waals surface area (Å²) in [6.07, 6.45) is 0. The van der Waals surface area contributed by atoms with Crippen molar-refractivity contribution in [1.29, 1.82) is 0 Å². The summed E-state index contributed by atoms with van der Waals surface area (Å²) in [7, 11) is 0. The summed E-state index contributed by atoms with van der Waals surface area (Å²) in [6.45, 7) is 5.73. The van der Waals surface area contributed by atoms with Crippen LogP contribution in [-0.4, -0.2) is 20.9 Å². The monoisotopic (exact) mass is 340 g/mol. The fourth-order valence-corrected chi connectivity index (χ4v) is 2.68. The highest BCUT2D eigenvalue weighted by atomic mass is 35.5. The Kier molecular flexibility index (Phi) is 4.36. The van der Waals surface area contributed by atoms with Crippen molar-refractivity contribution in [2.45, 2.75) is 20.8 Å². The summed E-state index contributed by atoms with van der Waals surface area (Å²) in [5, 5.41) is 11.7. The molecule has 0 aliphatic heterocycles. The van der Waals surface area contributed by atoms with E-state index in [-0.39, 0.29) is 5.91 Å². The number of aromatic nitrogens is 3. The van der Waals surface area contributed by atoms with Gasteiger partial charge in [-0.3, -0.25) is 4.79 Å². The van der Waals surface area contributed by atoms with Gasteiger partial charge in [-0.15, -0.1) is 5.10 Å². The molecular formula is C18H17ClN4O. The van der Waals surface area contributed by atoms with Gasteiger partial charge in [0, 0.05) is 10.7 Å². The number of nitrogens with zero attached hydrogens (tertiary/aromatic N) is 3. The summed E-state index contributed by atoms with van der Waals surface area (Å²) in [5.41, 5.74) is 4.59. The minimum absolute atomic E-state index is 0.273. The topological polar surface area (TPSA) is 59.8 Å². The number of hydrogen-bond acceptors (Lipinski definition) is 3. The van der Waals surface area contributed by atoms with Crippen LogP contribution in [0, 0.1) is 20.8 Å². The van der Waals surface area contributed by atoms with Gasteiger partial charge in [0.15, 0.2) is 5.69 Å². The third-order valence-electron chi connectivity index (χ3n) is 3.90. The third-order valence-corrected chi connectivity index (χ3v) is 4.15. The Morgan fingerprint density at radius 1 is 1.04 bits per heavy atom. The predicted octanol–water partition coefficient (Wildman–Crippen LogP) is 4.10. The van der Waals surface area contributed by atoms with Gasteiger partial charge in [-0.1, -0.05) is 35.0 Å². The first-order valence-electron chi connectivity index (χ1n) is 7.53. The number of hydrogen-bond donors (Lipinski definition) is 1. The highest BCUT2D eigenvalue weighted by Gasteiger charge is 2.18. The second-order valence-corrected chi connectivity index (χ2v) is 6.07. The van der Waals surface area contributed by atoms with E-state index in [1.807, 2.05) is 51.1 Å². The predicted molar refractivity (Wildman–Crippen MR) is 95.0 cm³/mol. The van der Waals surface area contributed by atoms with Crippen molar-refractivity contribution < 1.29 is 4.79 Å². The van der Waals surface area contributed by atoms with Crippen LogP contribution in [0.25, 0.3) is 5.69 Å². The lowest BCUT2D eigenvalue weighted by molar-refractivity contribution is 0.102. The zero-order valence-corrected chi connectivity index (χ0v) is 14.4. The van der Waals surface area contributed by atoms with Gasteiger partial charge in [0.1, 0.15) is 0 Å². The second-order valence-electron chi connectivity index (χ2n) is 5.63. The van der Waals surface area contributed by atoms with Crippen LogP contribution in [0.3, 0.4) is 0 Å². The van der Waals surface area contributed by atoms with Gasteiger partial charge in [-0.25, -0.2) is 4.68 Å². The number of anilines is 1. The van der Waals surface area contributed by atoms with Crippen molar-refractivity contribution in [2.24, 2.45) is 0 Å². The van der Waals surface area contributed by atoms with Gasteiger partial charge >= 0.3 is 0 Å². The molecule has 1 heterocycles. The molecule has 1 aromatic heterocycles. The first-order chi connectivity index (χ1) is 11.5. The zero-order chi connectivity index (χ0) is 17.3. The van der Waals surface area contributed by atoms with E-state index in [4.69, 9.17) is 11.6 Å². The summed E-state index contributed by atoms with van der Waals surface area (Å²) in [5.74, 6) is -0.273. The second kappa shape index (κ2) is 6.45. The number of halogens is 1. The Labute approximate surface area is 145 Å². The molecule has 3 aromatic rings. The van der Waals surface area contributed by atoms with Gasteiger partial charge in [0.05, 0.1) is 11.4 Å². The highest BCUT2D eigenvalue weighted by Crippen LogP contribution is 2.21. The molecule has 0 spiro atoms. The van der Waals surface area contributed by atoms with Crippen molar-refractivity contribution in [2.75, 3.05) is 5.32 Å². The molecule has 0 fully saturated rings. The fraction of sp³-hybridized carbons (Fsp3) is 0.167. The summed E-state index contributed by atoms with van der Waals surface area (Å²) < 4.78 is 1.62. The smallest absolute Gasteiger partial charge is 0.278 e. The number of rotatable bonds is 3. The van der Waals surface area contributed by atoms with Crippen molar-refractivity contribution in [3.63, 3.8) is 0 Å². The summed E-state index contributed by atoms with van der Waals surface area (Å²) in [6, 6.07) is 13.1. The Hall–Kier alpha value is -2.66. The number of benzene rings is 2. The lowest BCUT2D eigenvalue weighted by Crippen LogP contribution is -2.15. The Morgan fingerprint density at radius 3 is 2.29 bits per heavy atom. The molecule has 0 atom stereocenters. The van der Waals surface area contributed by atoms with E-state index >= 15 is 0 Å². The molecule has 0 aliphatic carbocycles. The van der Waals surface area contributed by atoms with Crippen LogP contribution in [0.5, 0.6) is 0 Å². The van der Waals surface area contributed by atoms with Crippen LogP contribution >= 0.6 is 11.6 Å². The Balaban J connectivity index is 1.90. The van der Waals surface area contributed by atoms with E-state index in [2.05, 4.69) is 15.6 Å². The van der Waals surface area contributed by atoms with Gasteiger partial charge in [-0.05, 0) is 56.2 Å². The quantitative estimate of drug-likeness (QED) is 0.781. The summed E-state index contributed by atoms with van der Waals surface area (Å²) in [4.78, 5) is 12.6. The van der Waals surface area contributed by atoms with Gasteiger partial charge in [-0.2, -0.15) is 0 Å². The van der Waals surface area contributed by atoms with E-state index in [0.717, 1.165) is 22.5 Å². The average Bonchev–Trinajstić information content (AvgIpc) is 2.93. The normalized spacial score (nSPS) is 10.7. The van der Waals surface area contributed by atoms with Crippen molar-refractivity contribution in [3.05, 3.63) is 70.0 Å². The molecular weight excluding hydrogens is 324 g/mol. The first kappa shape index (κ1) is 16.2. The van der Waals surface area contributed by atoms with Crippen molar-refractivity contribution in [1.82, 2.24) is 15.0 Å². The number of carbonyl (C=O) groups is 1. The molecule has 24 heavy (non-hydrogen) atoms. The largest absolute Gasteiger partial charge is 0.320 e. The van der Waals surface area contributed by atoms with Gasteiger partial charge in [0.25, 0.3) is 5.91 Å². The maximum atomic E-state index is 12.6. The van der Waals surface area contributed by atoms with Crippen LogP contribution in [0.4, 0.5) is 5.69 Å². The number of aryl methyl sites for hydroxylation is 2. The third kappa shape index (κ3) is 3.03. The van der Waals surface area contributed by atoms with Crippen LogP contribution in [0.2, 0.25) is 5.02 Å². The van der Waals surface area contributed by atoms with Crippen molar-refractivity contribution in [3.8, 4) is 5.69 Å². The molecule has 122 valence electrons. The molecule has 0 saturated carbocycles. The van der Waals surface area contributed by atoms with E-state index in [1.165, 1.54) is 0 Å². The first-order valence-corrected chi connectivity index (χ1v) is 7.91. The summed E-state index contributed by atoms with van der Waals surface area (Å²) >= 11 is 5.91. The molecule has 0 aliphatic rings. The molecule has 0 unspecified atom stereocenters. The average molecular weight is 341 g/mol. The lowest BCUT2D eigenvalue weighted by Gasteiger charge is -2.10. The highest BCUT2D eigenvalue weighted by molar-refractivity contribution is 6.30. The van der Waals surface area contributed by atoms with Crippen LogP contribution in [-0.2, 0) is 0 Å². The minimum atomic E-state index is -0.273. The van der Waals surface area contributed by atoms with Crippen LogP contribution < -0.4 is 5.32 Å². The SMILES string of the molecule is Cc1cccc(C)c1NC(=O)c1nnn(-c2ccc(Cl)cc2)c1C. The molecule has 3 rings (SSSR count). The number of amides is 1. The molecule has 0 radical (unpaired) electrons. The molecule has 6 heteroatoms. The van der Waals surface area contributed by atoms with Gasteiger partial charge < -0.3 is 5.32 Å². The minimum Gasteiger partial charge on any atom is -0.320 e. The van der Waals surface area contributed by atoms with Gasteiger partial charge in [0.2, 0.25) is 0 Å². The van der Waals surface area contributed by atoms with E-state index in [9.17, 15) is 4.79 Å². The van der Waals surface area contributed by atoms with Crippen LogP contribution in [0.15, 0.2) is 42.5 Å². The van der Waals surface area contributed by atoms with E-state index in [1.54, 1.807) is 16.8 Å². The molecule has 2 aromatic carbocycles. The molecule has 1 N–H and O–H groups in total. The number of carbonyl (C=O) groups excluding carboxylic acids is 1. The molecule has 0 bridgehead atoms. The Morgan fingerprint density at radius 2 is 1.67 bits per heavy atom. The Bertz CT molecular complexity index is 880. The molecule has 0 saturated heterocycles. The van der Waals surface area contributed by atoms with E-state index < -0.39 is 0 Å². The number of para-hydroxylation sites is 1. The zero-order valence-electron chi connectivity index (χ0n) is 13.7. The standard InChI is InChI=1S/C18H17ClN4O/c1-11-5-4-6-12(2)16(11)20-18(24)17-13(3)23(22-21-17)15-9-7-14(19)8-10-15/h4-10H,1-3H3,(H,20,24). The fourth-order valence-electron chi connectivity index (χ4n) is 2.55. The van der Waals surface area contributed by atoms with E-state index in [0.29, 0.717) is 16.4 Å². The van der Waals surface area contributed by atoms with Crippen molar-refractivity contribution >= 4 is 23.2 Å². The molecule has 5 nitrogen and oxygen atoms in total. The maximum absolute atomic E-state index is 12.6. The van der Waals surface area contributed by atoms with Crippen LogP contribution in [0.1, 0.15) is 27.3 Å². The maximum Gasteiger partial charge on any atom is 0.278 e. The number of nitrogens with one attached hydrogen (secondary N) is 1.